The molecule has 1 atom stereocenters. The Bertz CT molecular complexity index is 1100. The molecule has 11 heteroatoms. The Morgan fingerprint density at radius 3 is 2.48 bits per heavy atom. The van der Waals surface area contributed by atoms with Gasteiger partial charge in [-0.2, -0.15) is 13.2 Å². The first-order chi connectivity index (χ1) is 14.7. The van der Waals surface area contributed by atoms with E-state index in [4.69, 9.17) is 4.74 Å². The number of hydrogen-bond donors (Lipinski definition) is 0. The maximum atomic E-state index is 13.8. The maximum Gasteiger partial charge on any atom is 0.435 e. The van der Waals surface area contributed by atoms with Crippen molar-refractivity contribution >= 4 is 5.91 Å². The van der Waals surface area contributed by atoms with E-state index in [-0.39, 0.29) is 25.4 Å². The van der Waals surface area contributed by atoms with Crippen LogP contribution in [0.4, 0.5) is 22.0 Å². The zero-order chi connectivity index (χ0) is 22.2. The quantitative estimate of drug-likeness (QED) is 0.584. The van der Waals surface area contributed by atoms with Gasteiger partial charge in [0.2, 0.25) is 0 Å². The lowest BCUT2D eigenvalue weighted by Crippen LogP contribution is -2.43. The summed E-state index contributed by atoms with van der Waals surface area (Å²) in [7, 11) is 0. The van der Waals surface area contributed by atoms with Crippen LogP contribution in [-0.4, -0.2) is 45.5 Å². The van der Waals surface area contributed by atoms with Crippen LogP contribution in [0.15, 0.2) is 48.5 Å². The molecule has 1 saturated heterocycles. The minimum absolute atomic E-state index is 0.0423. The summed E-state index contributed by atoms with van der Waals surface area (Å²) in [5, 5.41) is 6.92. The van der Waals surface area contributed by atoms with Crippen molar-refractivity contribution in [3.63, 3.8) is 0 Å². The Hall–Kier alpha value is -3.34. The summed E-state index contributed by atoms with van der Waals surface area (Å²) >= 11 is 0. The summed E-state index contributed by atoms with van der Waals surface area (Å²) in [6, 6.07) is 9.80. The number of hydrogen-bond acceptors (Lipinski definition) is 4. The van der Waals surface area contributed by atoms with Crippen LogP contribution in [0.5, 0.6) is 0 Å². The van der Waals surface area contributed by atoms with E-state index in [9.17, 15) is 26.7 Å². The Labute approximate surface area is 172 Å². The molecule has 3 aromatic rings. The van der Waals surface area contributed by atoms with Crippen molar-refractivity contribution in [2.75, 3.05) is 19.7 Å². The molecule has 1 aromatic heterocycles. The third-order valence-electron chi connectivity index (χ3n) is 4.79. The third kappa shape index (κ3) is 4.26. The van der Waals surface area contributed by atoms with Crippen molar-refractivity contribution in [3.05, 3.63) is 77.1 Å². The number of carbonyl (C=O) groups excluding carboxylic acids is 1. The Kier molecular flexibility index (Phi) is 5.44. The van der Waals surface area contributed by atoms with E-state index in [1.807, 2.05) is 0 Å². The first kappa shape index (κ1) is 20.9. The second-order valence-corrected chi connectivity index (χ2v) is 6.84. The average Bonchev–Trinajstić information content (AvgIpc) is 3.20. The molecule has 2 heterocycles. The SMILES string of the molecule is O=C(c1nnn(-c2cccc(F)c2)c1C(F)(F)F)N1CCOC(c2ccc(F)cc2)C1. The lowest BCUT2D eigenvalue weighted by molar-refractivity contribution is -0.143. The molecule has 1 aliphatic heterocycles. The van der Waals surface area contributed by atoms with Gasteiger partial charge >= 0.3 is 6.18 Å². The van der Waals surface area contributed by atoms with Crippen molar-refractivity contribution in [1.82, 2.24) is 19.9 Å². The smallest absolute Gasteiger partial charge is 0.370 e. The molecule has 4 rings (SSSR count). The van der Waals surface area contributed by atoms with Gasteiger partial charge in [-0.15, -0.1) is 5.10 Å². The van der Waals surface area contributed by atoms with E-state index >= 15 is 0 Å². The molecule has 1 unspecified atom stereocenters. The number of carbonyl (C=O) groups is 1. The van der Waals surface area contributed by atoms with E-state index in [0.29, 0.717) is 10.2 Å². The maximum absolute atomic E-state index is 13.8. The van der Waals surface area contributed by atoms with Crippen LogP contribution >= 0.6 is 0 Å². The molecule has 0 spiro atoms. The molecule has 1 aliphatic rings. The Balaban J connectivity index is 1.66. The number of halogens is 5. The molecule has 0 saturated carbocycles. The monoisotopic (exact) mass is 438 g/mol. The fourth-order valence-electron chi connectivity index (χ4n) is 3.33. The van der Waals surface area contributed by atoms with Crippen molar-refractivity contribution in [2.24, 2.45) is 0 Å². The van der Waals surface area contributed by atoms with Gasteiger partial charge < -0.3 is 9.64 Å². The minimum Gasteiger partial charge on any atom is -0.370 e. The van der Waals surface area contributed by atoms with Crippen LogP contribution < -0.4 is 0 Å². The van der Waals surface area contributed by atoms with E-state index in [1.165, 1.54) is 41.3 Å². The highest BCUT2D eigenvalue weighted by Gasteiger charge is 2.43. The zero-order valence-corrected chi connectivity index (χ0v) is 15.8. The topological polar surface area (TPSA) is 60.2 Å². The largest absolute Gasteiger partial charge is 0.435 e. The predicted molar refractivity (Wildman–Crippen MR) is 97.3 cm³/mol. The van der Waals surface area contributed by atoms with Crippen LogP contribution in [0.25, 0.3) is 5.69 Å². The standard InChI is InChI=1S/C20H15F5N4O2/c21-13-6-4-12(5-7-13)16-11-28(8-9-31-16)19(30)17-18(20(23,24)25)29(27-26-17)15-3-1-2-14(22)10-15/h1-7,10,16H,8-9,11H2. The van der Waals surface area contributed by atoms with Crippen LogP contribution in [-0.2, 0) is 10.9 Å². The highest BCUT2D eigenvalue weighted by molar-refractivity contribution is 5.93. The van der Waals surface area contributed by atoms with Gasteiger partial charge in [-0.1, -0.05) is 23.4 Å². The molecule has 0 aliphatic carbocycles. The van der Waals surface area contributed by atoms with Gasteiger partial charge in [0.1, 0.15) is 17.7 Å². The highest BCUT2D eigenvalue weighted by atomic mass is 19.4. The van der Waals surface area contributed by atoms with Crippen LogP contribution in [0.3, 0.4) is 0 Å². The number of benzene rings is 2. The lowest BCUT2D eigenvalue weighted by atomic mass is 10.1. The summed E-state index contributed by atoms with van der Waals surface area (Å²) in [4.78, 5) is 14.1. The van der Waals surface area contributed by atoms with Gasteiger partial charge in [0.05, 0.1) is 18.8 Å². The van der Waals surface area contributed by atoms with E-state index in [0.717, 1.165) is 12.1 Å². The molecule has 162 valence electrons. The van der Waals surface area contributed by atoms with E-state index < -0.39 is 41.2 Å². The predicted octanol–water partition coefficient (Wildman–Crippen LogP) is 3.78. The molecule has 2 aromatic carbocycles. The zero-order valence-electron chi connectivity index (χ0n) is 15.8. The van der Waals surface area contributed by atoms with Gasteiger partial charge in [0, 0.05) is 6.54 Å². The molecule has 0 bridgehead atoms. The number of nitrogens with zero attached hydrogens (tertiary/aromatic N) is 4. The van der Waals surface area contributed by atoms with Gasteiger partial charge in [-0.3, -0.25) is 4.79 Å². The number of ether oxygens (including phenoxy) is 1. The molecular weight excluding hydrogens is 423 g/mol. The number of alkyl halides is 3. The second kappa shape index (κ2) is 8.06. The van der Waals surface area contributed by atoms with Gasteiger partial charge in [0.15, 0.2) is 11.4 Å². The average molecular weight is 438 g/mol. The van der Waals surface area contributed by atoms with Crippen LogP contribution in [0.2, 0.25) is 0 Å². The molecule has 1 amide bonds. The van der Waals surface area contributed by atoms with Crippen molar-refractivity contribution in [3.8, 4) is 5.69 Å². The number of rotatable bonds is 3. The minimum atomic E-state index is -4.97. The fraction of sp³-hybridized carbons (Fsp3) is 0.250. The molecule has 1 fully saturated rings. The summed E-state index contributed by atoms with van der Waals surface area (Å²) in [5.74, 6) is -2.19. The Morgan fingerprint density at radius 2 is 1.81 bits per heavy atom. The fourth-order valence-corrected chi connectivity index (χ4v) is 3.33. The summed E-state index contributed by atoms with van der Waals surface area (Å²) < 4.78 is 74.1. The first-order valence-corrected chi connectivity index (χ1v) is 9.19. The van der Waals surface area contributed by atoms with E-state index in [2.05, 4.69) is 10.3 Å². The summed E-state index contributed by atoms with van der Waals surface area (Å²) in [6.07, 6.45) is -5.60. The lowest BCUT2D eigenvalue weighted by Gasteiger charge is -2.33. The van der Waals surface area contributed by atoms with Crippen molar-refractivity contribution in [1.29, 1.82) is 0 Å². The van der Waals surface area contributed by atoms with Crippen molar-refractivity contribution in [2.45, 2.75) is 12.3 Å². The highest BCUT2D eigenvalue weighted by Crippen LogP contribution is 2.34. The van der Waals surface area contributed by atoms with Crippen LogP contribution in [0.1, 0.15) is 27.8 Å². The van der Waals surface area contributed by atoms with Crippen molar-refractivity contribution < 1.29 is 31.5 Å². The van der Waals surface area contributed by atoms with Gasteiger partial charge in [-0.25, -0.2) is 13.5 Å². The molecular formula is C20H15F5N4O2. The third-order valence-corrected chi connectivity index (χ3v) is 4.79. The van der Waals surface area contributed by atoms with Gasteiger partial charge in [-0.05, 0) is 35.9 Å². The Morgan fingerprint density at radius 1 is 1.06 bits per heavy atom. The summed E-state index contributed by atoms with van der Waals surface area (Å²) in [6.45, 7) is 0.0718. The molecule has 31 heavy (non-hydrogen) atoms. The van der Waals surface area contributed by atoms with Crippen LogP contribution in [0, 0.1) is 11.6 Å². The number of aromatic nitrogens is 3. The summed E-state index contributed by atoms with van der Waals surface area (Å²) in [5.41, 5.74) is -1.92. The number of amides is 1. The second-order valence-electron chi connectivity index (χ2n) is 6.84. The van der Waals surface area contributed by atoms with Gasteiger partial charge in [0.25, 0.3) is 5.91 Å². The molecule has 6 nitrogen and oxygen atoms in total. The first-order valence-electron chi connectivity index (χ1n) is 9.19. The molecule has 0 radical (unpaired) electrons. The number of morpholine rings is 1. The van der Waals surface area contributed by atoms with E-state index in [1.54, 1.807) is 0 Å². The normalized spacial score (nSPS) is 17.1. The molecule has 0 N–H and O–H groups in total.